The number of hydrogen-bond acceptors (Lipinski definition) is 6. The van der Waals surface area contributed by atoms with Crippen molar-refractivity contribution in [1.82, 2.24) is 14.8 Å². The number of nitrogens with one attached hydrogen (secondary N) is 1. The fraction of sp³-hybridized carbons (Fsp3) is 0.192. The maximum absolute atomic E-state index is 10.6. The number of pyridine rings is 1. The van der Waals surface area contributed by atoms with Gasteiger partial charge in [0, 0.05) is 48.5 Å². The molecule has 11 heteroatoms. The van der Waals surface area contributed by atoms with Gasteiger partial charge in [-0.25, -0.2) is 14.5 Å². The number of hydrogen-bond donors (Lipinski definition) is 2. The highest BCUT2D eigenvalue weighted by Crippen LogP contribution is 2.23. The number of carboxylic acid groups (broad SMARTS) is 1. The Hall–Kier alpha value is -4.38. The van der Waals surface area contributed by atoms with Crippen molar-refractivity contribution >= 4 is 23.2 Å². The zero-order valence-corrected chi connectivity index (χ0v) is 19.6. The van der Waals surface area contributed by atoms with Gasteiger partial charge in [0.1, 0.15) is 5.82 Å². The van der Waals surface area contributed by atoms with E-state index in [-0.39, 0.29) is 0 Å². The molecule has 8 nitrogen and oxygen atoms in total. The number of carboxylic acids is 1. The van der Waals surface area contributed by atoms with Gasteiger partial charge in [-0.15, -0.1) is 0 Å². The molecule has 1 saturated heterocycles. The zero-order valence-electron chi connectivity index (χ0n) is 19.6. The highest BCUT2D eigenvalue weighted by molar-refractivity contribution is 5.73. The highest BCUT2D eigenvalue weighted by Gasteiger charge is 2.38. The minimum absolute atomic E-state index is 0.781. The number of anilines is 3. The summed E-state index contributed by atoms with van der Waals surface area (Å²) in [6, 6.07) is 22.6. The Bertz CT molecular complexity index is 1310. The van der Waals surface area contributed by atoms with E-state index >= 15 is 0 Å². The highest BCUT2D eigenvalue weighted by atomic mass is 19.4. The second-order valence-electron chi connectivity index (χ2n) is 8.01. The number of carbonyl (C=O) groups is 1. The lowest BCUT2D eigenvalue weighted by atomic mass is 10.1. The van der Waals surface area contributed by atoms with Crippen molar-refractivity contribution in [3.63, 3.8) is 0 Å². The monoisotopic (exact) mass is 511 g/mol. The number of morpholine rings is 1. The maximum atomic E-state index is 10.6. The standard InChI is InChI=1S/C24H23N5O.C2HF3O2/c1-2-4-19(5-3-1)20-17-26-29(18-20)23-10-11-25-24(16-23)27-21-6-8-22(9-7-21)28-12-14-30-15-13-28;3-2(4,5)1(6)7/h1-11,16-18H,12-15H2,(H,25,27);(H,6,7). The van der Waals surface area contributed by atoms with Gasteiger partial charge in [-0.1, -0.05) is 30.3 Å². The van der Waals surface area contributed by atoms with Crippen LogP contribution >= 0.6 is 0 Å². The summed E-state index contributed by atoms with van der Waals surface area (Å²) in [7, 11) is 0. The molecule has 2 aromatic carbocycles. The molecule has 192 valence electrons. The van der Waals surface area contributed by atoms with Crippen molar-refractivity contribution in [2.24, 2.45) is 0 Å². The largest absolute Gasteiger partial charge is 0.490 e. The number of alkyl halides is 3. The minimum atomic E-state index is -5.08. The number of halogens is 3. The van der Waals surface area contributed by atoms with Gasteiger partial charge in [0.15, 0.2) is 0 Å². The summed E-state index contributed by atoms with van der Waals surface area (Å²) in [5.74, 6) is -1.98. The van der Waals surface area contributed by atoms with Gasteiger partial charge >= 0.3 is 12.1 Å². The first-order chi connectivity index (χ1) is 17.8. The molecule has 0 bridgehead atoms. The van der Waals surface area contributed by atoms with E-state index in [1.165, 1.54) is 5.69 Å². The van der Waals surface area contributed by atoms with Crippen molar-refractivity contribution in [3.05, 3.63) is 85.3 Å². The summed E-state index contributed by atoms with van der Waals surface area (Å²) in [5, 5.41) is 15.0. The summed E-state index contributed by atoms with van der Waals surface area (Å²) in [4.78, 5) is 15.7. The van der Waals surface area contributed by atoms with Gasteiger partial charge in [-0.05, 0) is 35.9 Å². The van der Waals surface area contributed by atoms with Gasteiger partial charge < -0.3 is 20.1 Å². The first-order valence-electron chi connectivity index (χ1n) is 11.4. The topological polar surface area (TPSA) is 92.5 Å². The first-order valence-corrected chi connectivity index (χ1v) is 11.4. The maximum Gasteiger partial charge on any atom is 0.490 e. The molecule has 0 atom stereocenters. The molecule has 5 rings (SSSR count). The van der Waals surface area contributed by atoms with Crippen LogP contribution in [0.3, 0.4) is 0 Å². The molecule has 0 spiro atoms. The lowest BCUT2D eigenvalue weighted by molar-refractivity contribution is -0.192. The summed E-state index contributed by atoms with van der Waals surface area (Å²) in [6.07, 6.45) is 0.627. The molecule has 2 aromatic heterocycles. The minimum Gasteiger partial charge on any atom is -0.475 e. The lowest BCUT2D eigenvalue weighted by Crippen LogP contribution is -2.36. The third kappa shape index (κ3) is 7.07. The first kappa shape index (κ1) is 25.7. The molecular formula is C26H24F3N5O3. The number of rotatable bonds is 5. The Morgan fingerprint density at radius 1 is 0.946 bits per heavy atom. The Labute approximate surface area is 210 Å². The summed E-state index contributed by atoms with van der Waals surface area (Å²) in [5.41, 5.74) is 5.41. The van der Waals surface area contributed by atoms with Crippen molar-refractivity contribution < 1.29 is 27.8 Å². The molecule has 3 heterocycles. The lowest BCUT2D eigenvalue weighted by Gasteiger charge is -2.28. The van der Waals surface area contributed by atoms with Gasteiger partial charge in [0.05, 0.1) is 25.1 Å². The van der Waals surface area contributed by atoms with Gasteiger partial charge in [-0.3, -0.25) is 0 Å². The van der Waals surface area contributed by atoms with Crippen molar-refractivity contribution in [3.8, 4) is 16.8 Å². The van der Waals surface area contributed by atoms with Crippen LogP contribution in [0.2, 0.25) is 0 Å². The molecule has 1 fully saturated rings. The van der Waals surface area contributed by atoms with E-state index in [4.69, 9.17) is 14.6 Å². The number of benzene rings is 2. The average Bonchev–Trinajstić information content (AvgIpc) is 3.41. The van der Waals surface area contributed by atoms with Crippen LogP contribution in [0.1, 0.15) is 0 Å². The number of nitrogens with zero attached hydrogens (tertiary/aromatic N) is 4. The van der Waals surface area contributed by atoms with E-state index in [9.17, 15) is 13.2 Å². The van der Waals surface area contributed by atoms with Crippen LogP contribution < -0.4 is 10.2 Å². The van der Waals surface area contributed by atoms with E-state index in [1.54, 1.807) is 6.20 Å². The Kier molecular flexibility index (Phi) is 8.04. The summed E-state index contributed by atoms with van der Waals surface area (Å²) >= 11 is 0. The predicted molar refractivity (Wildman–Crippen MR) is 133 cm³/mol. The van der Waals surface area contributed by atoms with E-state index in [1.807, 2.05) is 47.4 Å². The molecule has 0 aliphatic carbocycles. The molecule has 2 N–H and O–H groups in total. The fourth-order valence-electron chi connectivity index (χ4n) is 3.60. The molecular weight excluding hydrogens is 487 g/mol. The third-order valence-electron chi connectivity index (χ3n) is 5.46. The van der Waals surface area contributed by atoms with Crippen LogP contribution in [0.15, 0.2) is 85.3 Å². The molecule has 37 heavy (non-hydrogen) atoms. The second kappa shape index (κ2) is 11.6. The van der Waals surface area contributed by atoms with E-state index in [0.717, 1.165) is 54.6 Å². The number of aliphatic carboxylic acids is 1. The Balaban J connectivity index is 0.000000405. The molecule has 4 aromatic rings. The molecule has 1 aliphatic heterocycles. The Morgan fingerprint density at radius 3 is 2.27 bits per heavy atom. The molecule has 0 unspecified atom stereocenters. The number of aromatic nitrogens is 3. The van der Waals surface area contributed by atoms with Gasteiger partial charge in [0.25, 0.3) is 0 Å². The second-order valence-corrected chi connectivity index (χ2v) is 8.01. The van der Waals surface area contributed by atoms with Crippen LogP contribution in [-0.4, -0.2) is 58.3 Å². The van der Waals surface area contributed by atoms with Crippen LogP contribution in [0, 0.1) is 0 Å². The quantitative estimate of drug-likeness (QED) is 0.383. The third-order valence-corrected chi connectivity index (χ3v) is 5.46. The predicted octanol–water partition coefficient (Wildman–Crippen LogP) is 5.15. The van der Waals surface area contributed by atoms with Crippen molar-refractivity contribution in [1.29, 1.82) is 0 Å². The normalized spacial score (nSPS) is 13.4. The van der Waals surface area contributed by atoms with Crippen molar-refractivity contribution in [2.45, 2.75) is 6.18 Å². The summed E-state index contributed by atoms with van der Waals surface area (Å²) in [6.45, 7) is 3.45. The summed E-state index contributed by atoms with van der Waals surface area (Å²) < 4.78 is 39.0. The molecule has 0 amide bonds. The smallest absolute Gasteiger partial charge is 0.475 e. The van der Waals surface area contributed by atoms with Crippen LogP contribution in [0.25, 0.3) is 16.8 Å². The van der Waals surface area contributed by atoms with E-state index < -0.39 is 12.1 Å². The molecule has 0 saturated carbocycles. The Morgan fingerprint density at radius 2 is 1.62 bits per heavy atom. The SMILES string of the molecule is O=C(O)C(F)(F)F.c1ccc(-c2cnn(-c3ccnc(Nc4ccc(N5CCOCC5)cc4)c3)c2)cc1. The van der Waals surface area contributed by atoms with Crippen LogP contribution in [0.4, 0.5) is 30.4 Å². The fourth-order valence-corrected chi connectivity index (χ4v) is 3.60. The van der Waals surface area contributed by atoms with Gasteiger partial charge in [-0.2, -0.15) is 18.3 Å². The zero-order chi connectivity index (χ0) is 26.3. The van der Waals surface area contributed by atoms with Gasteiger partial charge in [0.2, 0.25) is 0 Å². The average molecular weight is 512 g/mol. The molecule has 0 radical (unpaired) electrons. The van der Waals surface area contributed by atoms with Crippen LogP contribution in [-0.2, 0) is 9.53 Å². The number of ether oxygens (including phenoxy) is 1. The molecule has 1 aliphatic rings. The van der Waals surface area contributed by atoms with E-state index in [2.05, 4.69) is 56.7 Å². The van der Waals surface area contributed by atoms with Crippen molar-refractivity contribution in [2.75, 3.05) is 36.5 Å². The van der Waals surface area contributed by atoms with Crippen LogP contribution in [0.5, 0.6) is 0 Å². The van der Waals surface area contributed by atoms with E-state index in [0.29, 0.717) is 0 Å².